The zero-order valence-electron chi connectivity index (χ0n) is 27.3. The molecule has 0 aliphatic heterocycles. The summed E-state index contributed by atoms with van der Waals surface area (Å²) in [6.07, 6.45) is -1.64. The van der Waals surface area contributed by atoms with Crippen LogP contribution in [0.3, 0.4) is 0 Å². The molecule has 1 N–H and O–H groups in total. The van der Waals surface area contributed by atoms with E-state index in [2.05, 4.69) is 89.3 Å². The maximum absolute atomic E-state index is 14.1. The van der Waals surface area contributed by atoms with Crippen LogP contribution >= 0.6 is 0 Å². The predicted molar refractivity (Wildman–Crippen MR) is 194 cm³/mol. The van der Waals surface area contributed by atoms with Crippen LogP contribution in [-0.4, -0.2) is 29.1 Å². The van der Waals surface area contributed by atoms with E-state index in [0.717, 1.165) is 26.9 Å². The van der Waals surface area contributed by atoms with Gasteiger partial charge in [-0.05, 0) is 13.8 Å². The summed E-state index contributed by atoms with van der Waals surface area (Å²) in [6, 6.07) is 38.8. The number of nitrogens with zero attached hydrogens (tertiary/aromatic N) is 1. The molecule has 0 amide bonds. The summed E-state index contributed by atoms with van der Waals surface area (Å²) in [5.41, 5.74) is 0.154. The Morgan fingerprint density at radius 1 is 0.735 bits per heavy atom. The Morgan fingerprint density at radius 2 is 1.35 bits per heavy atom. The van der Waals surface area contributed by atoms with Gasteiger partial charge < -0.3 is 5.11 Å². The third-order valence-corrected chi connectivity index (χ3v) is 16.1. The molecule has 0 spiro atoms. The molecule has 0 fully saturated rings. The van der Waals surface area contributed by atoms with Gasteiger partial charge >= 0.3 is 196 Å². The molecule has 0 bridgehead atoms. The molecule has 0 aliphatic carbocycles. The molecule has 1 radical (unpaired) electrons. The minimum absolute atomic E-state index is 0. The van der Waals surface area contributed by atoms with E-state index in [4.69, 9.17) is 5.11 Å². The molecule has 249 valence electrons. The van der Waals surface area contributed by atoms with Crippen LogP contribution in [0.15, 0.2) is 127 Å². The number of alkyl halides is 3. The minimum Gasteiger partial charge on any atom is 0 e. The number of hydrogen-bond donors (Lipinski definition) is 1. The van der Waals surface area contributed by atoms with Gasteiger partial charge in [-0.3, -0.25) is 4.79 Å². The monoisotopic (exact) mass is 895 g/mol. The van der Waals surface area contributed by atoms with E-state index in [1.165, 1.54) is 46.2 Å². The van der Waals surface area contributed by atoms with Crippen molar-refractivity contribution in [1.82, 2.24) is 4.98 Å². The van der Waals surface area contributed by atoms with Gasteiger partial charge in [-0.2, -0.15) is 13.2 Å². The number of rotatable bonds is 4. The second-order valence-corrected chi connectivity index (χ2v) is 21.7. The minimum atomic E-state index is -4.49. The first-order valence-corrected chi connectivity index (χ1v) is 21.8. The predicted octanol–water partition coefficient (Wildman–Crippen LogP) is 10.0. The summed E-state index contributed by atoms with van der Waals surface area (Å²) in [5.74, 6) is 4.79. The summed E-state index contributed by atoms with van der Waals surface area (Å²) in [7, 11) is 0. The Bertz CT molecular complexity index is 2370. The molecule has 0 unspecified atom stereocenters. The Kier molecular flexibility index (Phi) is 10.5. The average molecular weight is 894 g/mol. The molecular formula is C41H33F3GeIrNO2-. The second-order valence-electron chi connectivity index (χ2n) is 12.4. The number of benzene rings is 6. The van der Waals surface area contributed by atoms with Gasteiger partial charge in [-0.1, -0.05) is 23.6 Å². The molecule has 7 aromatic rings. The smallest absolute Gasteiger partial charge is 0 e. The van der Waals surface area contributed by atoms with Crippen molar-refractivity contribution in [1.29, 1.82) is 0 Å². The van der Waals surface area contributed by atoms with Crippen molar-refractivity contribution in [3.63, 3.8) is 0 Å². The first-order chi connectivity index (χ1) is 22.8. The molecule has 3 nitrogen and oxygen atoms in total. The van der Waals surface area contributed by atoms with Crippen molar-refractivity contribution in [2.75, 3.05) is 0 Å². The molecule has 6 aromatic carbocycles. The van der Waals surface area contributed by atoms with Gasteiger partial charge in [0.25, 0.3) is 0 Å². The number of halogens is 3. The molecule has 0 saturated carbocycles. The van der Waals surface area contributed by atoms with Crippen molar-refractivity contribution in [2.45, 2.75) is 31.5 Å². The Hall–Kier alpha value is -4.30. The summed E-state index contributed by atoms with van der Waals surface area (Å²) < 4.78 is 45.0. The van der Waals surface area contributed by atoms with E-state index >= 15 is 0 Å². The van der Waals surface area contributed by atoms with Crippen LogP contribution in [0.5, 0.6) is 0 Å². The van der Waals surface area contributed by atoms with Crippen LogP contribution in [0, 0.1) is 6.07 Å². The number of aromatic nitrogens is 1. The van der Waals surface area contributed by atoms with E-state index in [9.17, 15) is 18.0 Å². The number of fused-ring (bicyclic) bond motifs is 6. The number of carbonyl (C=O) groups is 1. The Morgan fingerprint density at radius 3 is 2.02 bits per heavy atom. The normalized spacial score (nSPS) is 12.1. The number of hydrogen-bond acceptors (Lipinski definition) is 3. The van der Waals surface area contributed by atoms with E-state index in [1.807, 2.05) is 12.1 Å². The number of allylic oxidation sites excluding steroid dienone is 2. The van der Waals surface area contributed by atoms with Crippen LogP contribution in [0.25, 0.3) is 54.3 Å². The quantitative estimate of drug-likeness (QED) is 0.0630. The summed E-state index contributed by atoms with van der Waals surface area (Å²) >= 11 is -2.46. The van der Waals surface area contributed by atoms with E-state index in [-0.39, 0.29) is 37.0 Å². The largest absolute Gasteiger partial charge is 0 e. The summed E-state index contributed by atoms with van der Waals surface area (Å²) in [6.45, 7) is 2.85. The standard InChI is InChI=1S/C36H25F3GeN.C5H8O2.Ir/c1-40(2,26-9-4-3-5-10-26)27-13-15-28-24(21-27)12-14-31-30(28)16-17-33-32(31)18-19-41-35(33)25-20-23-8-6-7-11-29(23)34(22-25)36(37,38)39;1-4(6)3-5(2)7;/h3-19,21-22H,1-2H3;3,6H,1-2H3;/q-1;;/b;4-3-;. The molecule has 49 heavy (non-hydrogen) atoms. The average Bonchev–Trinajstić information content (AvgIpc) is 3.06. The number of carbonyl (C=O) groups excluding carboxylic acids is 1. The number of ketones is 1. The molecule has 7 rings (SSSR count). The van der Waals surface area contributed by atoms with Crippen molar-refractivity contribution in [3.8, 4) is 11.3 Å². The van der Waals surface area contributed by atoms with Crippen LogP contribution in [0.4, 0.5) is 13.2 Å². The fraction of sp³-hybridized carbons (Fsp3) is 0.122. The van der Waals surface area contributed by atoms with Crippen LogP contribution in [0.2, 0.25) is 11.5 Å². The number of aliphatic hydroxyl groups is 1. The van der Waals surface area contributed by atoms with Gasteiger partial charge in [0.1, 0.15) is 0 Å². The third-order valence-electron chi connectivity index (χ3n) is 8.72. The second kappa shape index (κ2) is 14.3. The van der Waals surface area contributed by atoms with Crippen molar-refractivity contribution >= 4 is 70.9 Å². The maximum Gasteiger partial charge on any atom is 0 e. The molecule has 1 heterocycles. The molecular weight excluding hydrogens is 860 g/mol. The molecule has 1 aromatic heterocycles. The molecule has 0 aliphatic rings. The summed E-state index contributed by atoms with van der Waals surface area (Å²) in [4.78, 5) is 14.6. The van der Waals surface area contributed by atoms with Gasteiger partial charge in [0.2, 0.25) is 0 Å². The van der Waals surface area contributed by atoms with Gasteiger partial charge in [0, 0.05) is 26.2 Å². The topological polar surface area (TPSA) is 50.2 Å². The van der Waals surface area contributed by atoms with Crippen molar-refractivity contribution in [2.24, 2.45) is 0 Å². The van der Waals surface area contributed by atoms with Crippen molar-refractivity contribution < 1.29 is 43.2 Å². The maximum atomic E-state index is 14.1. The number of aliphatic hydroxyl groups excluding tert-OH is 1. The first kappa shape index (κ1) is 36.0. The zero-order valence-corrected chi connectivity index (χ0v) is 31.8. The van der Waals surface area contributed by atoms with Crippen LogP contribution in [0.1, 0.15) is 19.4 Å². The van der Waals surface area contributed by atoms with E-state index in [0.29, 0.717) is 16.6 Å². The van der Waals surface area contributed by atoms with Crippen LogP contribution < -0.4 is 8.79 Å². The SMILES string of the molecule is CC(=O)/C=C(/C)O.[CH3][Ge]([CH3])([c]1ccccc1)[c]1ccc2c(ccc3c4ccnc(-c5[c-]c6ccccc6c(C(F)(F)F)c5)c4ccc23)c1.[Ir]. The molecule has 0 saturated heterocycles. The van der Waals surface area contributed by atoms with Crippen LogP contribution in [-0.2, 0) is 31.1 Å². The van der Waals surface area contributed by atoms with Gasteiger partial charge in [-0.25, -0.2) is 0 Å². The Balaban J connectivity index is 0.000000532. The zero-order chi connectivity index (χ0) is 34.2. The van der Waals surface area contributed by atoms with Gasteiger partial charge in [0.15, 0.2) is 5.78 Å². The van der Waals surface area contributed by atoms with Gasteiger partial charge in [-0.15, -0.1) is 6.07 Å². The number of pyridine rings is 1. The Labute approximate surface area is 299 Å². The fourth-order valence-corrected chi connectivity index (χ4v) is 11.3. The third kappa shape index (κ3) is 7.35. The summed E-state index contributed by atoms with van der Waals surface area (Å²) in [5, 5.41) is 15.2. The molecule has 0 atom stereocenters. The first-order valence-electron chi connectivity index (χ1n) is 15.6. The van der Waals surface area contributed by atoms with Crippen molar-refractivity contribution in [3.05, 3.63) is 139 Å². The van der Waals surface area contributed by atoms with E-state index < -0.39 is 25.0 Å². The van der Waals surface area contributed by atoms with E-state index in [1.54, 1.807) is 24.4 Å². The van der Waals surface area contributed by atoms with Gasteiger partial charge in [0.05, 0.1) is 5.76 Å². The molecule has 8 heteroatoms. The fourth-order valence-electron chi connectivity index (χ4n) is 6.32.